The third-order valence-electron chi connectivity index (χ3n) is 2.91. The molecule has 0 aliphatic heterocycles. The molecule has 0 radical (unpaired) electrons. The van der Waals surface area contributed by atoms with Crippen molar-refractivity contribution in [1.29, 1.82) is 0 Å². The van der Waals surface area contributed by atoms with E-state index in [4.69, 9.17) is 4.43 Å². The number of rotatable bonds is 7. The Morgan fingerprint density at radius 1 is 1.14 bits per heavy atom. The van der Waals surface area contributed by atoms with E-state index in [1.165, 1.54) is 0 Å². The highest BCUT2D eigenvalue weighted by atomic mass is 28.4. The van der Waals surface area contributed by atoms with Gasteiger partial charge in [-0.05, 0) is 12.6 Å². The standard InChI is InChI=1S/C12H20OSi/c1-7-11-14(6,13-5)12(8-2,9-3)10-4/h7-10H,1-4,11H2,5-6H3. The van der Waals surface area contributed by atoms with Gasteiger partial charge in [0, 0.05) is 12.1 Å². The Balaban J connectivity index is 5.30. The second kappa shape index (κ2) is 5.13. The summed E-state index contributed by atoms with van der Waals surface area (Å²) in [6.45, 7) is 17.4. The summed E-state index contributed by atoms with van der Waals surface area (Å²) in [6, 6.07) is 0.855. The quantitative estimate of drug-likeness (QED) is 0.458. The zero-order valence-electron chi connectivity index (χ0n) is 9.25. The maximum Gasteiger partial charge on any atom is 0.210 e. The average molecular weight is 208 g/mol. The summed E-state index contributed by atoms with van der Waals surface area (Å²) in [5, 5.41) is -0.282. The lowest BCUT2D eigenvalue weighted by molar-refractivity contribution is 0.389. The predicted octanol–water partition coefficient (Wildman–Crippen LogP) is 3.69. The van der Waals surface area contributed by atoms with E-state index in [9.17, 15) is 0 Å². The molecule has 0 fully saturated rings. The second-order valence-electron chi connectivity index (χ2n) is 3.47. The minimum Gasteiger partial charge on any atom is -0.418 e. The van der Waals surface area contributed by atoms with Gasteiger partial charge in [0.25, 0.3) is 0 Å². The minimum absolute atomic E-state index is 0.282. The number of allylic oxidation sites excluding steroid dienone is 4. The van der Waals surface area contributed by atoms with Gasteiger partial charge in [-0.1, -0.05) is 24.3 Å². The van der Waals surface area contributed by atoms with Gasteiger partial charge in [-0.2, -0.15) is 0 Å². The first kappa shape index (κ1) is 13.1. The molecule has 0 aromatic carbocycles. The van der Waals surface area contributed by atoms with Crippen LogP contribution in [0.25, 0.3) is 0 Å². The molecule has 78 valence electrons. The van der Waals surface area contributed by atoms with E-state index >= 15 is 0 Å². The minimum atomic E-state index is -1.98. The second-order valence-corrected chi connectivity index (χ2v) is 7.62. The van der Waals surface area contributed by atoms with Gasteiger partial charge in [-0.15, -0.1) is 26.3 Å². The molecule has 0 bridgehead atoms. The molecule has 1 unspecified atom stereocenters. The van der Waals surface area contributed by atoms with Gasteiger partial charge in [-0.3, -0.25) is 0 Å². The molecule has 0 saturated carbocycles. The van der Waals surface area contributed by atoms with Crippen molar-refractivity contribution in [2.75, 3.05) is 7.11 Å². The van der Waals surface area contributed by atoms with E-state index in [2.05, 4.69) is 32.9 Å². The van der Waals surface area contributed by atoms with E-state index < -0.39 is 8.32 Å². The molecule has 0 aliphatic rings. The normalized spacial score (nSPS) is 15.3. The van der Waals surface area contributed by atoms with E-state index in [1.807, 2.05) is 24.3 Å². The van der Waals surface area contributed by atoms with E-state index in [0.29, 0.717) is 0 Å². The first-order valence-electron chi connectivity index (χ1n) is 4.62. The van der Waals surface area contributed by atoms with Crippen LogP contribution in [0.1, 0.15) is 0 Å². The van der Waals surface area contributed by atoms with Crippen LogP contribution in [0.5, 0.6) is 0 Å². The Morgan fingerprint density at radius 2 is 1.57 bits per heavy atom. The molecule has 0 heterocycles. The number of hydrogen-bond acceptors (Lipinski definition) is 1. The van der Waals surface area contributed by atoms with Gasteiger partial charge in [0.1, 0.15) is 0 Å². The molecule has 1 nitrogen and oxygen atoms in total. The van der Waals surface area contributed by atoms with Gasteiger partial charge < -0.3 is 4.43 Å². The third-order valence-corrected chi connectivity index (χ3v) is 7.33. The van der Waals surface area contributed by atoms with Crippen molar-refractivity contribution >= 4 is 8.32 Å². The van der Waals surface area contributed by atoms with Crippen LogP contribution in [0.3, 0.4) is 0 Å². The molecule has 2 heteroatoms. The lowest BCUT2D eigenvalue weighted by Gasteiger charge is -2.39. The van der Waals surface area contributed by atoms with Crippen LogP contribution in [0.2, 0.25) is 17.6 Å². The molecule has 0 spiro atoms. The van der Waals surface area contributed by atoms with Crippen LogP contribution in [-0.4, -0.2) is 15.4 Å². The average Bonchev–Trinajstić information content (AvgIpc) is 2.21. The lowest BCUT2D eigenvalue weighted by Crippen LogP contribution is -2.44. The molecule has 0 aromatic heterocycles. The molecule has 0 rings (SSSR count). The maximum atomic E-state index is 5.67. The van der Waals surface area contributed by atoms with Gasteiger partial charge in [-0.25, -0.2) is 0 Å². The maximum absolute atomic E-state index is 5.67. The van der Waals surface area contributed by atoms with E-state index in [1.54, 1.807) is 7.11 Å². The summed E-state index contributed by atoms with van der Waals surface area (Å²) in [5.74, 6) is 0. The summed E-state index contributed by atoms with van der Waals surface area (Å²) in [6.07, 6.45) is 7.49. The molecular weight excluding hydrogens is 188 g/mol. The van der Waals surface area contributed by atoms with Crippen LogP contribution in [0, 0.1) is 0 Å². The Morgan fingerprint density at radius 3 is 1.79 bits per heavy atom. The van der Waals surface area contributed by atoms with Gasteiger partial charge in [0.2, 0.25) is 8.32 Å². The Labute approximate surface area is 88.6 Å². The highest BCUT2D eigenvalue weighted by molar-refractivity contribution is 6.77. The van der Waals surface area contributed by atoms with Crippen LogP contribution < -0.4 is 0 Å². The summed E-state index contributed by atoms with van der Waals surface area (Å²) in [5.41, 5.74) is 0. The number of hydrogen-bond donors (Lipinski definition) is 0. The summed E-state index contributed by atoms with van der Waals surface area (Å²) >= 11 is 0. The van der Waals surface area contributed by atoms with Crippen molar-refractivity contribution in [2.45, 2.75) is 17.6 Å². The van der Waals surface area contributed by atoms with Crippen molar-refractivity contribution in [2.24, 2.45) is 0 Å². The third kappa shape index (κ3) is 1.96. The largest absolute Gasteiger partial charge is 0.418 e. The van der Waals surface area contributed by atoms with Crippen molar-refractivity contribution in [1.82, 2.24) is 0 Å². The van der Waals surface area contributed by atoms with Crippen LogP contribution >= 0.6 is 0 Å². The Hall–Kier alpha value is -0.863. The van der Waals surface area contributed by atoms with Crippen LogP contribution in [0.4, 0.5) is 0 Å². The van der Waals surface area contributed by atoms with Gasteiger partial charge >= 0.3 is 0 Å². The van der Waals surface area contributed by atoms with Gasteiger partial charge in [0.15, 0.2) is 0 Å². The Kier molecular flexibility index (Phi) is 4.81. The zero-order chi connectivity index (χ0) is 11.2. The molecular formula is C12H20OSi. The van der Waals surface area contributed by atoms with Crippen LogP contribution in [0.15, 0.2) is 50.6 Å². The summed E-state index contributed by atoms with van der Waals surface area (Å²) in [7, 11) is -0.238. The first-order chi connectivity index (χ1) is 6.55. The Bertz CT molecular complexity index is 223. The topological polar surface area (TPSA) is 9.23 Å². The molecule has 0 aliphatic carbocycles. The van der Waals surface area contributed by atoms with Gasteiger partial charge in [0.05, 0.1) is 0 Å². The van der Waals surface area contributed by atoms with E-state index in [0.717, 1.165) is 6.04 Å². The lowest BCUT2D eigenvalue weighted by atomic mass is 10.1. The van der Waals surface area contributed by atoms with Crippen molar-refractivity contribution in [3.8, 4) is 0 Å². The monoisotopic (exact) mass is 208 g/mol. The van der Waals surface area contributed by atoms with Crippen LogP contribution in [-0.2, 0) is 4.43 Å². The highest BCUT2D eigenvalue weighted by Gasteiger charge is 2.44. The summed E-state index contributed by atoms with van der Waals surface area (Å²) < 4.78 is 5.67. The molecule has 14 heavy (non-hydrogen) atoms. The SMILES string of the molecule is C=CC[Si](C)(OC)C(C=C)(C=C)C=C. The molecule has 0 N–H and O–H groups in total. The highest BCUT2D eigenvalue weighted by Crippen LogP contribution is 2.44. The molecule has 0 saturated heterocycles. The molecule has 1 atom stereocenters. The van der Waals surface area contributed by atoms with Crippen molar-refractivity contribution in [3.63, 3.8) is 0 Å². The fourth-order valence-corrected chi connectivity index (χ4v) is 4.33. The molecule has 0 aromatic rings. The first-order valence-corrected chi connectivity index (χ1v) is 7.24. The smallest absolute Gasteiger partial charge is 0.210 e. The van der Waals surface area contributed by atoms with Crippen molar-refractivity contribution in [3.05, 3.63) is 50.6 Å². The summed E-state index contributed by atoms with van der Waals surface area (Å²) in [4.78, 5) is 0. The zero-order valence-corrected chi connectivity index (χ0v) is 10.3. The fraction of sp³-hybridized carbons (Fsp3) is 0.333. The fourth-order valence-electron chi connectivity index (χ4n) is 1.61. The predicted molar refractivity (Wildman–Crippen MR) is 66.9 cm³/mol. The van der Waals surface area contributed by atoms with E-state index in [-0.39, 0.29) is 5.04 Å². The molecule has 0 amide bonds. The van der Waals surface area contributed by atoms with Crippen molar-refractivity contribution < 1.29 is 4.43 Å².